The van der Waals surface area contributed by atoms with Gasteiger partial charge in [0.15, 0.2) is 5.76 Å². The van der Waals surface area contributed by atoms with Crippen LogP contribution >= 0.6 is 0 Å². The maximum atomic E-state index is 13.5. The fourth-order valence-corrected chi connectivity index (χ4v) is 3.45. The van der Waals surface area contributed by atoms with E-state index >= 15 is 0 Å². The number of hydrogen-bond acceptors (Lipinski definition) is 4. The highest BCUT2D eigenvalue weighted by Gasteiger charge is 2.39. The van der Waals surface area contributed by atoms with Gasteiger partial charge in [-0.25, -0.2) is 0 Å². The molecule has 0 spiro atoms. The van der Waals surface area contributed by atoms with E-state index in [9.17, 15) is 4.79 Å². The number of nitrogens with zero attached hydrogens (tertiary/aromatic N) is 2. The Bertz CT molecular complexity index is 915. The first-order valence-corrected chi connectivity index (χ1v) is 8.93. The summed E-state index contributed by atoms with van der Waals surface area (Å²) in [6.07, 6.45) is 3.80. The predicted molar refractivity (Wildman–Crippen MR) is 98.8 cm³/mol. The van der Waals surface area contributed by atoms with Crippen LogP contribution in [0.5, 0.6) is 0 Å². The molecule has 5 heteroatoms. The summed E-state index contributed by atoms with van der Waals surface area (Å²) in [5, 5.41) is 0.930. The number of pyridine rings is 1. The minimum atomic E-state index is -0.111. The number of aromatic nitrogens is 1. The summed E-state index contributed by atoms with van der Waals surface area (Å²) in [7, 11) is 1.63. The van der Waals surface area contributed by atoms with Gasteiger partial charge in [-0.05, 0) is 38.0 Å². The maximum Gasteiger partial charge on any atom is 0.290 e. The molecule has 4 rings (SSSR count). The summed E-state index contributed by atoms with van der Waals surface area (Å²) >= 11 is 0. The molecule has 5 nitrogen and oxygen atoms in total. The van der Waals surface area contributed by atoms with Crippen molar-refractivity contribution in [3.8, 4) is 0 Å². The highest BCUT2D eigenvalue weighted by Crippen LogP contribution is 2.37. The second-order valence-electron chi connectivity index (χ2n) is 6.71. The molecule has 2 heterocycles. The third-order valence-corrected chi connectivity index (χ3v) is 4.89. The molecule has 3 aromatic rings. The van der Waals surface area contributed by atoms with Crippen LogP contribution in [0.4, 0.5) is 0 Å². The molecule has 134 valence electrons. The summed E-state index contributed by atoms with van der Waals surface area (Å²) in [5.41, 5.74) is 2.41. The van der Waals surface area contributed by atoms with Gasteiger partial charge >= 0.3 is 0 Å². The lowest BCUT2D eigenvalue weighted by Gasteiger charge is -2.28. The second kappa shape index (κ2) is 6.92. The van der Waals surface area contributed by atoms with Gasteiger partial charge in [-0.3, -0.25) is 9.78 Å². The van der Waals surface area contributed by atoms with E-state index in [1.807, 2.05) is 54.3 Å². The molecular weight excluding hydrogens is 328 g/mol. The van der Waals surface area contributed by atoms with Gasteiger partial charge < -0.3 is 14.1 Å². The van der Waals surface area contributed by atoms with Gasteiger partial charge in [-0.1, -0.05) is 24.3 Å². The lowest BCUT2D eigenvalue weighted by molar-refractivity contribution is 0.0633. The van der Waals surface area contributed by atoms with E-state index < -0.39 is 0 Å². The Balaban J connectivity index is 1.75. The number of benzene rings is 1. The number of carbonyl (C=O) groups excluding carboxylic acids is 1. The minimum absolute atomic E-state index is 0.0890. The molecule has 1 fully saturated rings. The van der Waals surface area contributed by atoms with Crippen LogP contribution in [0.1, 0.15) is 47.6 Å². The van der Waals surface area contributed by atoms with Crippen molar-refractivity contribution in [3.05, 3.63) is 65.7 Å². The van der Waals surface area contributed by atoms with Gasteiger partial charge in [0.2, 0.25) is 0 Å². The van der Waals surface area contributed by atoms with Crippen LogP contribution < -0.4 is 0 Å². The Kier molecular flexibility index (Phi) is 4.47. The largest absolute Gasteiger partial charge is 0.451 e. The van der Waals surface area contributed by atoms with Crippen LogP contribution in [-0.4, -0.2) is 28.9 Å². The number of ether oxygens (including phenoxy) is 1. The molecule has 26 heavy (non-hydrogen) atoms. The zero-order valence-electron chi connectivity index (χ0n) is 15.0. The number of furan rings is 1. The normalized spacial score (nSPS) is 15.2. The predicted octanol–water partition coefficient (Wildman–Crippen LogP) is 4.34. The quantitative estimate of drug-likeness (QED) is 0.663. The maximum absolute atomic E-state index is 13.5. The van der Waals surface area contributed by atoms with Gasteiger partial charge in [-0.15, -0.1) is 0 Å². The summed E-state index contributed by atoms with van der Waals surface area (Å²) < 4.78 is 11.3. The molecule has 1 atom stereocenters. The van der Waals surface area contributed by atoms with Crippen molar-refractivity contribution in [2.24, 2.45) is 0 Å². The van der Waals surface area contributed by atoms with Crippen molar-refractivity contribution in [2.45, 2.75) is 38.5 Å². The van der Waals surface area contributed by atoms with Gasteiger partial charge in [0.1, 0.15) is 5.58 Å². The zero-order chi connectivity index (χ0) is 18.1. The monoisotopic (exact) mass is 350 g/mol. The first-order chi connectivity index (χ1) is 12.7. The van der Waals surface area contributed by atoms with E-state index in [2.05, 4.69) is 4.98 Å². The van der Waals surface area contributed by atoms with Crippen LogP contribution in [0.25, 0.3) is 11.0 Å². The van der Waals surface area contributed by atoms with Gasteiger partial charge in [0, 0.05) is 30.3 Å². The lowest BCUT2D eigenvalue weighted by atomic mass is 10.1. The molecule has 1 saturated carbocycles. The van der Waals surface area contributed by atoms with Crippen LogP contribution in [0.15, 0.2) is 53.1 Å². The molecule has 1 aromatic carbocycles. The molecular formula is C21H22N2O3. The number of amides is 1. The Hall–Kier alpha value is -2.66. The number of rotatable bonds is 6. The Morgan fingerprint density at radius 3 is 2.73 bits per heavy atom. The summed E-state index contributed by atoms with van der Waals surface area (Å²) in [6.45, 7) is 2.37. The highest BCUT2D eigenvalue weighted by molar-refractivity contribution is 5.99. The summed E-state index contributed by atoms with van der Waals surface area (Å²) in [6, 6.07) is 13.6. The highest BCUT2D eigenvalue weighted by atomic mass is 16.5. The van der Waals surface area contributed by atoms with Crippen molar-refractivity contribution >= 4 is 16.9 Å². The van der Waals surface area contributed by atoms with E-state index in [-0.39, 0.29) is 18.0 Å². The first-order valence-electron chi connectivity index (χ1n) is 8.93. The smallest absolute Gasteiger partial charge is 0.290 e. The van der Waals surface area contributed by atoms with Gasteiger partial charge in [0.05, 0.1) is 18.3 Å². The summed E-state index contributed by atoms with van der Waals surface area (Å²) in [4.78, 5) is 19.8. The van der Waals surface area contributed by atoms with Crippen molar-refractivity contribution in [1.82, 2.24) is 9.88 Å². The molecule has 0 bridgehead atoms. The van der Waals surface area contributed by atoms with Crippen molar-refractivity contribution < 1.29 is 13.9 Å². The second-order valence-corrected chi connectivity index (χ2v) is 6.71. The molecule has 0 aliphatic heterocycles. The van der Waals surface area contributed by atoms with Crippen molar-refractivity contribution in [2.75, 3.05) is 7.11 Å². The topological polar surface area (TPSA) is 55.6 Å². The number of para-hydroxylation sites is 1. The van der Waals surface area contributed by atoms with Crippen LogP contribution in [-0.2, 0) is 11.3 Å². The average molecular weight is 350 g/mol. The first kappa shape index (κ1) is 16.8. The Morgan fingerprint density at radius 2 is 2.04 bits per heavy atom. The molecule has 1 aliphatic carbocycles. The van der Waals surface area contributed by atoms with Crippen LogP contribution in [0, 0.1) is 0 Å². The van der Waals surface area contributed by atoms with E-state index in [1.54, 1.807) is 13.3 Å². The van der Waals surface area contributed by atoms with Crippen molar-refractivity contribution in [1.29, 1.82) is 0 Å². The lowest BCUT2D eigenvalue weighted by Crippen LogP contribution is -2.36. The Morgan fingerprint density at radius 1 is 1.27 bits per heavy atom. The molecule has 2 aromatic heterocycles. The Labute approximate surface area is 152 Å². The van der Waals surface area contributed by atoms with E-state index in [1.165, 1.54) is 0 Å². The molecule has 0 radical (unpaired) electrons. The average Bonchev–Trinajstić information content (AvgIpc) is 3.44. The van der Waals surface area contributed by atoms with Crippen LogP contribution in [0.2, 0.25) is 0 Å². The summed E-state index contributed by atoms with van der Waals surface area (Å²) in [5.74, 6) is 0.289. The van der Waals surface area contributed by atoms with E-state index in [0.29, 0.717) is 18.0 Å². The van der Waals surface area contributed by atoms with E-state index in [0.717, 1.165) is 29.5 Å². The molecule has 0 saturated heterocycles. The number of fused-ring (bicyclic) bond motifs is 1. The third kappa shape index (κ3) is 2.99. The SMILES string of the molecule is COCc1c(C(=O)N(C2CC2)C(C)c2ccccn2)oc2ccccc12. The van der Waals surface area contributed by atoms with Crippen LogP contribution in [0.3, 0.4) is 0 Å². The molecule has 1 aliphatic rings. The molecule has 1 unspecified atom stereocenters. The van der Waals surface area contributed by atoms with E-state index in [4.69, 9.17) is 9.15 Å². The van der Waals surface area contributed by atoms with Gasteiger partial charge in [0.25, 0.3) is 5.91 Å². The molecule has 1 amide bonds. The third-order valence-electron chi connectivity index (χ3n) is 4.89. The van der Waals surface area contributed by atoms with Crippen molar-refractivity contribution in [3.63, 3.8) is 0 Å². The zero-order valence-corrected chi connectivity index (χ0v) is 15.0. The number of hydrogen-bond donors (Lipinski definition) is 0. The minimum Gasteiger partial charge on any atom is -0.451 e. The fourth-order valence-electron chi connectivity index (χ4n) is 3.45. The standard InChI is InChI=1S/C21H22N2O3/c1-14(18-8-5-6-12-22-18)23(15-10-11-15)21(24)20-17(13-25-2)16-7-3-4-9-19(16)26-20/h3-9,12,14-15H,10-11,13H2,1-2H3. The molecule has 0 N–H and O–H groups in total. The number of carbonyl (C=O) groups is 1. The fraction of sp³-hybridized carbons (Fsp3) is 0.333. The number of methoxy groups -OCH3 is 1. The van der Waals surface area contributed by atoms with Gasteiger partial charge in [-0.2, -0.15) is 0 Å².